The number of hydrogen-bond donors (Lipinski definition) is 0. The number of carbonyl (C=O) groups is 2. The Kier molecular flexibility index (Phi) is 3.15. The zero-order valence-corrected chi connectivity index (χ0v) is 10.9. The molecule has 2 fully saturated rings. The van der Waals surface area contributed by atoms with Gasteiger partial charge in [0.25, 0.3) is 0 Å². The normalized spacial score (nSPS) is 29.1. The largest absolute Gasteiger partial charge is 0.444 e. The van der Waals surface area contributed by atoms with Crippen molar-refractivity contribution in [2.45, 2.75) is 45.6 Å². The lowest BCUT2D eigenvalue weighted by molar-refractivity contribution is -0.122. The van der Waals surface area contributed by atoms with Gasteiger partial charge in [0.05, 0.1) is 0 Å². The summed E-state index contributed by atoms with van der Waals surface area (Å²) in [6.45, 7) is 6.96. The number of fused-ring (bicyclic) bond motifs is 1. The number of nitrogens with zero attached hydrogens (tertiary/aromatic N) is 1. The summed E-state index contributed by atoms with van der Waals surface area (Å²) in [5.74, 6) is 0.955. The van der Waals surface area contributed by atoms with Crippen molar-refractivity contribution in [1.29, 1.82) is 0 Å². The third kappa shape index (κ3) is 2.79. The fourth-order valence-electron chi connectivity index (χ4n) is 2.75. The molecule has 1 saturated heterocycles. The van der Waals surface area contributed by atoms with Gasteiger partial charge in [-0.2, -0.15) is 0 Å². The summed E-state index contributed by atoms with van der Waals surface area (Å²) in [6.07, 6.45) is 2.19. The Balaban J connectivity index is 1.93. The van der Waals surface area contributed by atoms with E-state index in [0.717, 1.165) is 12.8 Å². The van der Waals surface area contributed by atoms with Crippen LogP contribution in [0, 0.1) is 11.8 Å². The number of rotatable bonds is 0. The Morgan fingerprint density at radius 1 is 1.35 bits per heavy atom. The Morgan fingerprint density at radius 3 is 2.71 bits per heavy atom. The van der Waals surface area contributed by atoms with Crippen LogP contribution in [0.5, 0.6) is 0 Å². The highest BCUT2D eigenvalue weighted by atomic mass is 16.6. The molecule has 17 heavy (non-hydrogen) atoms. The van der Waals surface area contributed by atoms with Crippen LogP contribution in [0.3, 0.4) is 0 Å². The van der Waals surface area contributed by atoms with Crippen molar-refractivity contribution in [1.82, 2.24) is 4.90 Å². The van der Waals surface area contributed by atoms with Gasteiger partial charge in [0, 0.05) is 25.4 Å². The number of amides is 1. The van der Waals surface area contributed by atoms with E-state index in [-0.39, 0.29) is 12.0 Å². The highest BCUT2D eigenvalue weighted by Crippen LogP contribution is 2.35. The van der Waals surface area contributed by atoms with Gasteiger partial charge in [-0.3, -0.25) is 4.79 Å². The second-order valence-electron chi connectivity index (χ2n) is 6.09. The molecule has 0 aromatic rings. The fourth-order valence-corrected chi connectivity index (χ4v) is 2.75. The number of piperidine rings is 1. The molecule has 1 saturated carbocycles. The zero-order chi connectivity index (χ0) is 12.6. The predicted octanol–water partition coefficient (Wildman–Crippen LogP) is 2.22. The van der Waals surface area contributed by atoms with E-state index in [1.165, 1.54) is 0 Å². The van der Waals surface area contributed by atoms with Crippen molar-refractivity contribution in [3.63, 3.8) is 0 Å². The first-order chi connectivity index (χ1) is 7.87. The SMILES string of the molecule is CC(C)(C)OC(=O)N1CC[C@@H]2C(=O)CC[C@@H]2C1. The van der Waals surface area contributed by atoms with Crippen LogP contribution in [0.2, 0.25) is 0 Å². The minimum Gasteiger partial charge on any atom is -0.444 e. The van der Waals surface area contributed by atoms with E-state index in [9.17, 15) is 9.59 Å². The molecule has 1 amide bonds. The Bertz CT molecular complexity index is 332. The molecule has 0 N–H and O–H groups in total. The van der Waals surface area contributed by atoms with E-state index in [0.29, 0.717) is 31.2 Å². The second kappa shape index (κ2) is 4.31. The van der Waals surface area contributed by atoms with Crippen LogP contribution in [-0.2, 0) is 9.53 Å². The van der Waals surface area contributed by atoms with E-state index >= 15 is 0 Å². The van der Waals surface area contributed by atoms with E-state index in [1.54, 1.807) is 4.90 Å². The number of hydrogen-bond acceptors (Lipinski definition) is 3. The Morgan fingerprint density at radius 2 is 2.06 bits per heavy atom. The minimum absolute atomic E-state index is 0.202. The Labute approximate surface area is 102 Å². The number of likely N-dealkylation sites (tertiary alicyclic amines) is 1. The first-order valence-electron chi connectivity index (χ1n) is 6.37. The van der Waals surface area contributed by atoms with Crippen molar-refractivity contribution >= 4 is 11.9 Å². The fraction of sp³-hybridized carbons (Fsp3) is 0.846. The van der Waals surface area contributed by atoms with Gasteiger partial charge in [0.15, 0.2) is 0 Å². The maximum Gasteiger partial charge on any atom is 0.410 e. The maximum atomic E-state index is 11.9. The van der Waals surface area contributed by atoms with Gasteiger partial charge < -0.3 is 9.64 Å². The summed E-state index contributed by atoms with van der Waals surface area (Å²) in [5.41, 5.74) is -0.445. The van der Waals surface area contributed by atoms with Gasteiger partial charge in [-0.1, -0.05) is 0 Å². The standard InChI is InChI=1S/C13H21NO3/c1-13(2,3)17-12(16)14-7-6-10-9(8-14)4-5-11(10)15/h9-10H,4-8H2,1-3H3/t9-,10+/m1/s1. The van der Waals surface area contributed by atoms with Crippen molar-refractivity contribution in [2.24, 2.45) is 11.8 Å². The number of ether oxygens (including phenoxy) is 1. The monoisotopic (exact) mass is 239 g/mol. The molecule has 0 unspecified atom stereocenters. The second-order valence-corrected chi connectivity index (χ2v) is 6.09. The quantitative estimate of drug-likeness (QED) is 0.651. The average Bonchev–Trinajstić information content (AvgIpc) is 2.57. The lowest BCUT2D eigenvalue weighted by Crippen LogP contribution is -2.45. The third-order valence-corrected chi connectivity index (χ3v) is 3.56. The van der Waals surface area contributed by atoms with Gasteiger partial charge in [-0.25, -0.2) is 4.79 Å². The van der Waals surface area contributed by atoms with Crippen molar-refractivity contribution < 1.29 is 14.3 Å². The molecule has 1 aliphatic heterocycles. The summed E-state index contributed by atoms with van der Waals surface area (Å²) in [7, 11) is 0. The molecule has 1 aliphatic carbocycles. The van der Waals surface area contributed by atoms with Crippen LogP contribution in [0.15, 0.2) is 0 Å². The maximum absolute atomic E-state index is 11.9. The highest BCUT2D eigenvalue weighted by molar-refractivity contribution is 5.83. The van der Waals surface area contributed by atoms with Crippen molar-refractivity contribution in [3.05, 3.63) is 0 Å². The van der Waals surface area contributed by atoms with Crippen molar-refractivity contribution in [3.8, 4) is 0 Å². The van der Waals surface area contributed by atoms with Gasteiger partial charge in [0.2, 0.25) is 0 Å². The lowest BCUT2D eigenvalue weighted by atomic mass is 9.88. The molecule has 0 radical (unpaired) electrons. The van der Waals surface area contributed by atoms with Gasteiger partial charge in [0.1, 0.15) is 11.4 Å². The van der Waals surface area contributed by atoms with Crippen LogP contribution in [-0.4, -0.2) is 35.5 Å². The highest BCUT2D eigenvalue weighted by Gasteiger charge is 2.40. The number of Topliss-reactive ketones (excluding diaryl/α,β-unsaturated/α-hetero) is 1. The zero-order valence-electron chi connectivity index (χ0n) is 10.9. The molecule has 0 bridgehead atoms. The number of ketones is 1. The molecule has 0 aromatic heterocycles. The lowest BCUT2D eigenvalue weighted by Gasteiger charge is -2.35. The molecule has 96 valence electrons. The van der Waals surface area contributed by atoms with Gasteiger partial charge in [-0.05, 0) is 39.5 Å². The smallest absolute Gasteiger partial charge is 0.410 e. The van der Waals surface area contributed by atoms with Crippen LogP contribution in [0.1, 0.15) is 40.0 Å². The van der Waals surface area contributed by atoms with Gasteiger partial charge in [-0.15, -0.1) is 0 Å². The first-order valence-corrected chi connectivity index (χ1v) is 6.37. The summed E-state index contributed by atoms with van der Waals surface area (Å²) in [4.78, 5) is 25.2. The Hall–Kier alpha value is -1.06. The third-order valence-electron chi connectivity index (χ3n) is 3.56. The minimum atomic E-state index is -0.445. The van der Waals surface area contributed by atoms with Crippen LogP contribution < -0.4 is 0 Å². The molecule has 0 spiro atoms. The summed E-state index contributed by atoms with van der Waals surface area (Å²) >= 11 is 0. The summed E-state index contributed by atoms with van der Waals surface area (Å²) in [5, 5.41) is 0. The molecule has 4 heteroatoms. The van der Waals surface area contributed by atoms with E-state index in [1.807, 2.05) is 20.8 Å². The van der Waals surface area contributed by atoms with Crippen LogP contribution in [0.25, 0.3) is 0 Å². The molecule has 0 aromatic carbocycles. The summed E-state index contributed by atoms with van der Waals surface area (Å²) < 4.78 is 5.35. The molecule has 2 aliphatic rings. The van der Waals surface area contributed by atoms with E-state index in [2.05, 4.69) is 0 Å². The topological polar surface area (TPSA) is 46.6 Å². The molecule has 1 heterocycles. The molecular weight excluding hydrogens is 218 g/mol. The molecule has 2 atom stereocenters. The average molecular weight is 239 g/mol. The first kappa shape index (κ1) is 12.4. The van der Waals surface area contributed by atoms with E-state index in [4.69, 9.17) is 4.74 Å². The van der Waals surface area contributed by atoms with Crippen molar-refractivity contribution in [2.75, 3.05) is 13.1 Å². The molecule has 2 rings (SSSR count). The number of carbonyl (C=O) groups excluding carboxylic acids is 2. The summed E-state index contributed by atoms with van der Waals surface area (Å²) in [6, 6.07) is 0. The molecule has 4 nitrogen and oxygen atoms in total. The predicted molar refractivity (Wildman–Crippen MR) is 63.6 cm³/mol. The van der Waals surface area contributed by atoms with Crippen LogP contribution in [0.4, 0.5) is 4.79 Å². The van der Waals surface area contributed by atoms with Crippen LogP contribution >= 0.6 is 0 Å². The molecular formula is C13H21NO3. The van der Waals surface area contributed by atoms with Gasteiger partial charge >= 0.3 is 6.09 Å². The van der Waals surface area contributed by atoms with E-state index < -0.39 is 5.60 Å².